The molecule has 4 aromatic rings. The van der Waals surface area contributed by atoms with Crippen molar-refractivity contribution in [2.75, 3.05) is 0 Å². The predicted molar refractivity (Wildman–Crippen MR) is 99.1 cm³/mol. The lowest BCUT2D eigenvalue weighted by molar-refractivity contribution is 0.628. The summed E-state index contributed by atoms with van der Waals surface area (Å²) in [5.74, 6) is -0.314. The lowest BCUT2D eigenvalue weighted by Crippen LogP contribution is -2.14. The van der Waals surface area contributed by atoms with Gasteiger partial charge in [0.1, 0.15) is 11.3 Å². The van der Waals surface area contributed by atoms with Gasteiger partial charge in [-0.1, -0.05) is 29.3 Å². The SMILES string of the molecule is Fc1ccc(N=c2ncn(Cc3c(Cl)cccc3Cl)c3nc[nH]c23)cc1. The van der Waals surface area contributed by atoms with Gasteiger partial charge in [0.25, 0.3) is 0 Å². The van der Waals surface area contributed by atoms with Crippen molar-refractivity contribution in [3.8, 4) is 0 Å². The van der Waals surface area contributed by atoms with E-state index in [9.17, 15) is 4.39 Å². The second-order valence-corrected chi connectivity index (χ2v) is 6.40. The smallest absolute Gasteiger partial charge is 0.181 e. The zero-order valence-electron chi connectivity index (χ0n) is 13.3. The summed E-state index contributed by atoms with van der Waals surface area (Å²) in [6.07, 6.45) is 3.20. The highest BCUT2D eigenvalue weighted by Gasteiger charge is 2.10. The number of halogens is 3. The normalized spacial score (nSPS) is 12.0. The summed E-state index contributed by atoms with van der Waals surface area (Å²) in [5, 5.41) is 1.16. The van der Waals surface area contributed by atoms with Crippen LogP contribution in [0.25, 0.3) is 11.2 Å². The third kappa shape index (κ3) is 3.21. The van der Waals surface area contributed by atoms with E-state index in [1.54, 1.807) is 43.0 Å². The van der Waals surface area contributed by atoms with E-state index in [0.29, 0.717) is 38.9 Å². The summed E-state index contributed by atoms with van der Waals surface area (Å²) in [6.45, 7) is 0.420. The molecule has 8 heteroatoms. The maximum Gasteiger partial charge on any atom is 0.181 e. The number of aromatic nitrogens is 4. The van der Waals surface area contributed by atoms with Crippen LogP contribution in [0.3, 0.4) is 0 Å². The highest BCUT2D eigenvalue weighted by Crippen LogP contribution is 2.25. The second-order valence-electron chi connectivity index (χ2n) is 5.59. The second kappa shape index (κ2) is 6.90. The largest absolute Gasteiger partial charge is 0.340 e. The molecule has 2 heterocycles. The minimum absolute atomic E-state index is 0.314. The van der Waals surface area contributed by atoms with Crippen LogP contribution in [0.1, 0.15) is 5.56 Å². The predicted octanol–water partition coefficient (Wildman–Crippen LogP) is 4.49. The molecule has 5 nitrogen and oxygen atoms in total. The number of hydrogen-bond acceptors (Lipinski definition) is 3. The molecule has 2 aromatic carbocycles. The van der Waals surface area contributed by atoms with Gasteiger partial charge in [-0.15, -0.1) is 0 Å². The van der Waals surface area contributed by atoms with Gasteiger partial charge in [0.05, 0.1) is 24.9 Å². The standard InChI is InChI=1S/C18H12Cl2FN5/c19-14-2-1-3-15(20)13(14)8-26-10-24-17(16-18(26)23-9-22-16)25-12-6-4-11(21)5-7-12/h1-7,9-10H,8H2,(H,22,23). The van der Waals surface area contributed by atoms with E-state index >= 15 is 0 Å². The number of aromatic amines is 1. The van der Waals surface area contributed by atoms with Crippen LogP contribution >= 0.6 is 23.2 Å². The van der Waals surface area contributed by atoms with Crippen LogP contribution in [0, 0.1) is 5.82 Å². The summed E-state index contributed by atoms with van der Waals surface area (Å²) in [5.41, 5.74) is 3.18. The molecule has 0 aliphatic rings. The van der Waals surface area contributed by atoms with Crippen molar-refractivity contribution in [3.63, 3.8) is 0 Å². The first-order chi connectivity index (χ1) is 12.6. The fourth-order valence-corrected chi connectivity index (χ4v) is 3.12. The Morgan fingerprint density at radius 1 is 1.04 bits per heavy atom. The average molecular weight is 388 g/mol. The van der Waals surface area contributed by atoms with E-state index < -0.39 is 0 Å². The first-order valence-electron chi connectivity index (χ1n) is 7.73. The molecular formula is C18H12Cl2FN5. The Hall–Kier alpha value is -2.70. The number of fused-ring (bicyclic) bond motifs is 1. The molecule has 130 valence electrons. The molecule has 0 aliphatic carbocycles. The van der Waals surface area contributed by atoms with E-state index in [1.165, 1.54) is 12.1 Å². The zero-order chi connectivity index (χ0) is 18.1. The number of nitrogens with one attached hydrogen (secondary N) is 1. The summed E-state index contributed by atoms with van der Waals surface area (Å²) < 4.78 is 14.9. The van der Waals surface area contributed by atoms with E-state index in [1.807, 2.05) is 4.57 Å². The maximum atomic E-state index is 13.1. The van der Waals surface area contributed by atoms with Crippen molar-refractivity contribution in [2.24, 2.45) is 4.99 Å². The fourth-order valence-electron chi connectivity index (χ4n) is 2.61. The van der Waals surface area contributed by atoms with Crippen molar-refractivity contribution >= 4 is 40.1 Å². The van der Waals surface area contributed by atoms with E-state index in [2.05, 4.69) is 19.9 Å². The van der Waals surface area contributed by atoms with Crippen LogP contribution in [-0.4, -0.2) is 19.5 Å². The third-order valence-electron chi connectivity index (χ3n) is 3.89. The van der Waals surface area contributed by atoms with Gasteiger partial charge in [-0.25, -0.2) is 19.4 Å². The number of imidazole rings is 1. The van der Waals surface area contributed by atoms with Gasteiger partial charge in [-0.2, -0.15) is 0 Å². The summed E-state index contributed by atoms with van der Waals surface area (Å²) in [6, 6.07) is 11.3. The molecule has 0 saturated carbocycles. The number of benzene rings is 2. The molecule has 0 bridgehead atoms. The first kappa shape index (κ1) is 16.8. The fraction of sp³-hybridized carbons (Fsp3) is 0.0556. The van der Waals surface area contributed by atoms with Gasteiger partial charge in [0.2, 0.25) is 0 Å². The van der Waals surface area contributed by atoms with Gasteiger partial charge in [0, 0.05) is 15.6 Å². The number of hydrogen-bond donors (Lipinski definition) is 1. The van der Waals surface area contributed by atoms with Gasteiger partial charge in [-0.05, 0) is 36.4 Å². The Kier molecular flexibility index (Phi) is 4.44. The molecule has 0 fully saturated rings. The Morgan fingerprint density at radius 2 is 1.77 bits per heavy atom. The first-order valence-corrected chi connectivity index (χ1v) is 8.49. The quantitative estimate of drug-likeness (QED) is 0.562. The van der Waals surface area contributed by atoms with Gasteiger partial charge >= 0.3 is 0 Å². The lowest BCUT2D eigenvalue weighted by atomic mass is 10.2. The van der Waals surface area contributed by atoms with Crippen LogP contribution < -0.4 is 5.49 Å². The lowest BCUT2D eigenvalue weighted by Gasteiger charge is -2.10. The molecule has 0 unspecified atom stereocenters. The van der Waals surface area contributed by atoms with Crippen LogP contribution in [0.2, 0.25) is 10.0 Å². The van der Waals surface area contributed by atoms with Crippen LogP contribution in [0.5, 0.6) is 0 Å². The molecule has 26 heavy (non-hydrogen) atoms. The minimum Gasteiger partial charge on any atom is -0.340 e. The summed E-state index contributed by atoms with van der Waals surface area (Å²) in [4.78, 5) is 16.2. The maximum absolute atomic E-state index is 13.1. The number of rotatable bonds is 3. The Morgan fingerprint density at radius 3 is 2.50 bits per heavy atom. The molecule has 4 rings (SSSR count). The number of H-pyrrole nitrogens is 1. The highest BCUT2D eigenvalue weighted by atomic mass is 35.5. The minimum atomic E-state index is -0.314. The number of nitrogens with zero attached hydrogens (tertiary/aromatic N) is 4. The molecule has 2 aromatic heterocycles. The van der Waals surface area contributed by atoms with Gasteiger partial charge < -0.3 is 9.55 Å². The molecule has 0 saturated heterocycles. The van der Waals surface area contributed by atoms with Crippen LogP contribution in [0.4, 0.5) is 10.1 Å². The third-order valence-corrected chi connectivity index (χ3v) is 4.59. The molecule has 1 N–H and O–H groups in total. The van der Waals surface area contributed by atoms with Crippen LogP contribution in [-0.2, 0) is 6.54 Å². The Balaban J connectivity index is 1.80. The Bertz CT molecular complexity index is 1130. The zero-order valence-corrected chi connectivity index (χ0v) is 14.8. The highest BCUT2D eigenvalue weighted by molar-refractivity contribution is 6.36. The van der Waals surface area contributed by atoms with E-state index in [-0.39, 0.29) is 5.82 Å². The summed E-state index contributed by atoms with van der Waals surface area (Å²) in [7, 11) is 0. The van der Waals surface area contributed by atoms with Crippen LogP contribution in [0.15, 0.2) is 60.1 Å². The molecule has 0 radical (unpaired) electrons. The topological polar surface area (TPSA) is 58.9 Å². The van der Waals surface area contributed by atoms with Crippen molar-refractivity contribution in [1.82, 2.24) is 19.5 Å². The monoisotopic (exact) mass is 387 g/mol. The molecule has 0 amide bonds. The molecular weight excluding hydrogens is 376 g/mol. The van der Waals surface area contributed by atoms with Crippen molar-refractivity contribution in [1.29, 1.82) is 0 Å². The van der Waals surface area contributed by atoms with Gasteiger partial charge in [-0.3, -0.25) is 0 Å². The average Bonchev–Trinajstić information content (AvgIpc) is 3.12. The van der Waals surface area contributed by atoms with Crippen molar-refractivity contribution in [3.05, 3.63) is 82.0 Å². The molecule has 0 atom stereocenters. The Labute approximate surface area is 157 Å². The van der Waals surface area contributed by atoms with Gasteiger partial charge in [0.15, 0.2) is 11.1 Å². The molecule has 0 spiro atoms. The van der Waals surface area contributed by atoms with Crippen molar-refractivity contribution in [2.45, 2.75) is 6.54 Å². The van der Waals surface area contributed by atoms with E-state index in [4.69, 9.17) is 23.2 Å². The summed E-state index contributed by atoms with van der Waals surface area (Å²) >= 11 is 12.5. The molecule has 0 aliphatic heterocycles. The van der Waals surface area contributed by atoms with Crippen molar-refractivity contribution < 1.29 is 4.39 Å². The van der Waals surface area contributed by atoms with E-state index in [0.717, 1.165) is 5.56 Å².